The van der Waals surface area contributed by atoms with Crippen molar-refractivity contribution in [1.29, 1.82) is 0 Å². The Morgan fingerprint density at radius 1 is 1.44 bits per heavy atom. The van der Waals surface area contributed by atoms with Gasteiger partial charge < -0.3 is 15.1 Å². The summed E-state index contributed by atoms with van der Waals surface area (Å²) in [4.78, 5) is 27.4. The van der Waals surface area contributed by atoms with Gasteiger partial charge in [0.1, 0.15) is 17.0 Å². The lowest BCUT2D eigenvalue weighted by Crippen LogP contribution is -2.46. The maximum Gasteiger partial charge on any atom is 0.317 e. The van der Waals surface area contributed by atoms with Crippen LogP contribution in [-0.2, 0) is 4.79 Å². The van der Waals surface area contributed by atoms with E-state index in [0.29, 0.717) is 19.6 Å². The molecule has 1 fully saturated rings. The van der Waals surface area contributed by atoms with E-state index in [1.807, 2.05) is 20.8 Å². The van der Waals surface area contributed by atoms with Crippen LogP contribution in [0.15, 0.2) is 18.2 Å². The standard InChI is InChI=1S/C17H23F2N3O2S/c1-4-21(17(24)20-11(2)3)7-8-22-15(23)10-25-16(22)13-6-5-12(18)9-14(13)19/h5-6,9,11,16H,4,7-8,10H2,1-3H3,(H,20,24)/t16-/m0/s1. The molecule has 1 aliphatic heterocycles. The number of benzene rings is 1. The number of likely N-dealkylation sites (N-methyl/N-ethyl adjacent to an activating group) is 1. The van der Waals surface area contributed by atoms with Crippen LogP contribution >= 0.6 is 11.8 Å². The predicted octanol–water partition coefficient (Wildman–Crippen LogP) is 2.98. The molecule has 1 aliphatic rings. The second-order valence-corrected chi connectivity index (χ2v) is 7.17. The monoisotopic (exact) mass is 371 g/mol. The lowest BCUT2D eigenvalue weighted by atomic mass is 10.2. The average Bonchev–Trinajstić information content (AvgIpc) is 2.88. The quantitative estimate of drug-likeness (QED) is 0.836. The Labute approximate surface area is 150 Å². The van der Waals surface area contributed by atoms with E-state index >= 15 is 0 Å². The Balaban J connectivity index is 2.07. The zero-order chi connectivity index (χ0) is 18.6. The molecule has 1 aromatic rings. The van der Waals surface area contributed by atoms with Crippen LogP contribution in [0.2, 0.25) is 0 Å². The first-order chi connectivity index (χ1) is 11.8. The van der Waals surface area contributed by atoms with E-state index in [2.05, 4.69) is 5.32 Å². The summed E-state index contributed by atoms with van der Waals surface area (Å²) < 4.78 is 27.2. The van der Waals surface area contributed by atoms with Gasteiger partial charge in [-0.25, -0.2) is 13.6 Å². The van der Waals surface area contributed by atoms with Gasteiger partial charge in [-0.2, -0.15) is 0 Å². The van der Waals surface area contributed by atoms with Crippen molar-refractivity contribution in [3.8, 4) is 0 Å². The summed E-state index contributed by atoms with van der Waals surface area (Å²) in [5.74, 6) is -1.18. The molecule has 0 radical (unpaired) electrons. The van der Waals surface area contributed by atoms with Gasteiger partial charge in [-0.3, -0.25) is 4.79 Å². The van der Waals surface area contributed by atoms with E-state index < -0.39 is 17.0 Å². The number of nitrogens with one attached hydrogen (secondary N) is 1. The third kappa shape index (κ3) is 4.84. The molecule has 0 spiro atoms. The van der Waals surface area contributed by atoms with Crippen LogP contribution in [0.1, 0.15) is 31.7 Å². The highest BCUT2D eigenvalue weighted by Crippen LogP contribution is 2.39. The molecule has 1 atom stereocenters. The minimum absolute atomic E-state index is 0.0200. The molecule has 25 heavy (non-hydrogen) atoms. The van der Waals surface area contributed by atoms with Crippen molar-refractivity contribution in [3.63, 3.8) is 0 Å². The fourth-order valence-corrected chi connectivity index (χ4v) is 3.87. The molecule has 1 N–H and O–H groups in total. The fourth-order valence-electron chi connectivity index (χ4n) is 2.63. The number of thioether (sulfide) groups is 1. The van der Waals surface area contributed by atoms with Crippen molar-refractivity contribution < 1.29 is 18.4 Å². The summed E-state index contributed by atoms with van der Waals surface area (Å²) in [6.45, 7) is 6.76. The summed E-state index contributed by atoms with van der Waals surface area (Å²) in [5, 5.41) is 2.32. The Hall–Kier alpha value is -1.83. The van der Waals surface area contributed by atoms with Crippen LogP contribution in [0.25, 0.3) is 0 Å². The largest absolute Gasteiger partial charge is 0.336 e. The number of hydrogen-bond acceptors (Lipinski definition) is 3. The van der Waals surface area contributed by atoms with Gasteiger partial charge in [-0.05, 0) is 26.8 Å². The molecule has 2 rings (SSSR count). The maximum atomic E-state index is 14.1. The highest BCUT2D eigenvalue weighted by molar-refractivity contribution is 8.00. The van der Waals surface area contributed by atoms with E-state index in [1.165, 1.54) is 23.9 Å². The topological polar surface area (TPSA) is 52.7 Å². The zero-order valence-corrected chi connectivity index (χ0v) is 15.4. The van der Waals surface area contributed by atoms with Gasteiger partial charge in [-0.15, -0.1) is 11.8 Å². The highest BCUT2D eigenvalue weighted by atomic mass is 32.2. The van der Waals surface area contributed by atoms with Gasteiger partial charge in [0.05, 0.1) is 5.75 Å². The van der Waals surface area contributed by atoms with E-state index in [9.17, 15) is 18.4 Å². The van der Waals surface area contributed by atoms with Gasteiger partial charge in [-0.1, -0.05) is 6.07 Å². The van der Waals surface area contributed by atoms with Crippen molar-refractivity contribution in [3.05, 3.63) is 35.4 Å². The van der Waals surface area contributed by atoms with Crippen LogP contribution < -0.4 is 5.32 Å². The second kappa shape index (κ2) is 8.51. The average molecular weight is 371 g/mol. The van der Waals surface area contributed by atoms with E-state index in [4.69, 9.17) is 0 Å². The van der Waals surface area contributed by atoms with Crippen molar-refractivity contribution in [2.75, 3.05) is 25.4 Å². The minimum atomic E-state index is -0.665. The zero-order valence-electron chi connectivity index (χ0n) is 14.6. The fraction of sp³-hybridized carbons (Fsp3) is 0.529. The van der Waals surface area contributed by atoms with E-state index in [0.717, 1.165) is 6.07 Å². The summed E-state index contributed by atoms with van der Waals surface area (Å²) >= 11 is 1.30. The Kier molecular flexibility index (Phi) is 6.64. The molecular weight excluding hydrogens is 348 g/mol. The van der Waals surface area contributed by atoms with Gasteiger partial charge in [0, 0.05) is 37.3 Å². The molecule has 0 unspecified atom stereocenters. The first-order valence-corrected chi connectivity index (χ1v) is 9.29. The van der Waals surface area contributed by atoms with Gasteiger partial charge in [0.25, 0.3) is 0 Å². The third-order valence-electron chi connectivity index (χ3n) is 3.89. The molecule has 8 heteroatoms. The number of amides is 3. The molecule has 138 valence electrons. The van der Waals surface area contributed by atoms with Crippen LogP contribution in [-0.4, -0.2) is 53.2 Å². The Morgan fingerprint density at radius 3 is 2.76 bits per heavy atom. The normalized spacial score (nSPS) is 17.3. The smallest absolute Gasteiger partial charge is 0.317 e. The van der Waals surface area contributed by atoms with E-state index in [-0.39, 0.29) is 29.3 Å². The number of nitrogens with zero attached hydrogens (tertiary/aromatic N) is 2. The summed E-state index contributed by atoms with van der Waals surface area (Å²) in [6, 6.07) is 3.21. The molecule has 3 amide bonds. The van der Waals surface area contributed by atoms with Crippen LogP contribution in [0.3, 0.4) is 0 Å². The molecule has 1 heterocycles. The Bertz CT molecular complexity index is 642. The number of carbonyl (C=O) groups is 2. The summed E-state index contributed by atoms with van der Waals surface area (Å²) in [5.41, 5.74) is 0.284. The number of halogens is 2. The first-order valence-electron chi connectivity index (χ1n) is 8.25. The molecule has 0 saturated carbocycles. The summed E-state index contributed by atoms with van der Waals surface area (Å²) in [7, 11) is 0. The molecule has 5 nitrogen and oxygen atoms in total. The summed E-state index contributed by atoms with van der Waals surface area (Å²) in [6.07, 6.45) is 0. The number of urea groups is 1. The molecule has 0 aromatic heterocycles. The number of rotatable bonds is 6. The van der Waals surface area contributed by atoms with Crippen molar-refractivity contribution in [1.82, 2.24) is 15.1 Å². The SMILES string of the molecule is CCN(CCN1C(=O)CS[C@H]1c1ccc(F)cc1F)C(=O)NC(C)C. The molecular formula is C17H23F2N3O2S. The Morgan fingerprint density at radius 2 is 2.16 bits per heavy atom. The third-order valence-corrected chi connectivity index (χ3v) is 5.13. The second-order valence-electron chi connectivity index (χ2n) is 6.10. The molecule has 0 aliphatic carbocycles. The van der Waals surface area contributed by atoms with E-state index in [1.54, 1.807) is 9.80 Å². The highest BCUT2D eigenvalue weighted by Gasteiger charge is 2.34. The van der Waals surface area contributed by atoms with Gasteiger partial charge >= 0.3 is 6.03 Å². The first kappa shape index (κ1) is 19.5. The molecule has 0 bridgehead atoms. The number of hydrogen-bond donors (Lipinski definition) is 1. The number of carbonyl (C=O) groups excluding carboxylic acids is 2. The predicted molar refractivity (Wildman–Crippen MR) is 94.2 cm³/mol. The minimum Gasteiger partial charge on any atom is -0.336 e. The van der Waals surface area contributed by atoms with Crippen LogP contribution in [0.5, 0.6) is 0 Å². The van der Waals surface area contributed by atoms with Gasteiger partial charge in [0.2, 0.25) is 5.91 Å². The lowest BCUT2D eigenvalue weighted by Gasteiger charge is -2.29. The molecule has 1 aromatic carbocycles. The van der Waals surface area contributed by atoms with Crippen LogP contribution in [0.4, 0.5) is 13.6 Å². The van der Waals surface area contributed by atoms with Gasteiger partial charge in [0.15, 0.2) is 0 Å². The maximum absolute atomic E-state index is 14.1. The van der Waals surface area contributed by atoms with Crippen molar-refractivity contribution in [2.45, 2.75) is 32.2 Å². The van der Waals surface area contributed by atoms with Crippen LogP contribution in [0, 0.1) is 11.6 Å². The molecule has 1 saturated heterocycles. The van der Waals surface area contributed by atoms with Crippen molar-refractivity contribution in [2.24, 2.45) is 0 Å². The van der Waals surface area contributed by atoms with Crippen molar-refractivity contribution >= 4 is 23.7 Å². The lowest BCUT2D eigenvalue weighted by molar-refractivity contribution is -0.128.